The third-order valence-corrected chi connectivity index (χ3v) is 3.50. The van der Waals surface area contributed by atoms with Gasteiger partial charge in [-0.2, -0.15) is 13.2 Å². The van der Waals surface area contributed by atoms with Gasteiger partial charge in [0, 0.05) is 5.56 Å². The van der Waals surface area contributed by atoms with E-state index in [1.165, 1.54) is 25.3 Å². The van der Waals surface area contributed by atoms with Crippen molar-refractivity contribution in [2.75, 3.05) is 19.0 Å². The quantitative estimate of drug-likeness (QED) is 0.899. The summed E-state index contributed by atoms with van der Waals surface area (Å²) in [5, 5.41) is 7.19. The van der Waals surface area contributed by atoms with Gasteiger partial charge in [0.2, 0.25) is 10.1 Å². The van der Waals surface area contributed by atoms with E-state index in [1.54, 1.807) is 6.92 Å². The van der Waals surface area contributed by atoms with Crippen molar-refractivity contribution in [3.63, 3.8) is 0 Å². The molecule has 0 aliphatic rings. The van der Waals surface area contributed by atoms with Crippen LogP contribution in [0.1, 0.15) is 22.3 Å². The van der Waals surface area contributed by atoms with Crippen LogP contribution in [0.4, 0.5) is 18.3 Å². The minimum absolute atomic E-state index is 0.193. The van der Waals surface area contributed by atoms with E-state index < -0.39 is 17.1 Å². The van der Waals surface area contributed by atoms with Gasteiger partial charge in [-0.15, -0.1) is 10.2 Å². The first kappa shape index (κ1) is 17.0. The van der Waals surface area contributed by atoms with Crippen LogP contribution in [0.3, 0.4) is 0 Å². The Kier molecular flexibility index (Phi) is 5.04. The highest BCUT2D eigenvalue weighted by Crippen LogP contribution is 2.33. The van der Waals surface area contributed by atoms with Crippen molar-refractivity contribution in [3.8, 4) is 11.5 Å². The monoisotopic (exact) mass is 347 g/mol. The Morgan fingerprint density at radius 1 is 1.30 bits per heavy atom. The summed E-state index contributed by atoms with van der Waals surface area (Å²) < 4.78 is 47.8. The fourth-order valence-electron chi connectivity index (χ4n) is 1.64. The summed E-state index contributed by atoms with van der Waals surface area (Å²) in [5.74, 6) is 0.174. The predicted molar refractivity (Wildman–Crippen MR) is 77.0 cm³/mol. The zero-order valence-electron chi connectivity index (χ0n) is 12.1. The van der Waals surface area contributed by atoms with Gasteiger partial charge in [0.05, 0.1) is 13.7 Å². The Morgan fingerprint density at radius 3 is 2.61 bits per heavy atom. The average Bonchev–Trinajstić information content (AvgIpc) is 2.96. The molecule has 23 heavy (non-hydrogen) atoms. The van der Waals surface area contributed by atoms with Crippen molar-refractivity contribution >= 4 is 22.4 Å². The highest BCUT2D eigenvalue weighted by molar-refractivity contribution is 7.15. The van der Waals surface area contributed by atoms with Crippen LogP contribution in [0.5, 0.6) is 11.5 Å². The third kappa shape index (κ3) is 4.09. The lowest BCUT2D eigenvalue weighted by atomic mass is 10.2. The van der Waals surface area contributed by atoms with E-state index in [9.17, 15) is 18.0 Å². The zero-order chi connectivity index (χ0) is 17.0. The van der Waals surface area contributed by atoms with Crippen molar-refractivity contribution in [2.24, 2.45) is 0 Å². The number of hydrogen-bond acceptors (Lipinski definition) is 6. The summed E-state index contributed by atoms with van der Waals surface area (Å²) in [4.78, 5) is 12.1. The molecule has 1 aromatic carbocycles. The van der Waals surface area contributed by atoms with Crippen LogP contribution in [0.2, 0.25) is 0 Å². The van der Waals surface area contributed by atoms with Gasteiger partial charge in [0.1, 0.15) is 0 Å². The Hall–Kier alpha value is -2.36. The fourth-order valence-corrected chi connectivity index (χ4v) is 2.25. The minimum atomic E-state index is -4.59. The number of carbonyl (C=O) groups is 1. The molecule has 2 rings (SSSR count). The number of ether oxygens (including phenoxy) is 2. The lowest BCUT2D eigenvalue weighted by molar-refractivity contribution is -0.138. The zero-order valence-corrected chi connectivity index (χ0v) is 12.9. The summed E-state index contributed by atoms with van der Waals surface area (Å²) in [6, 6.07) is 4.42. The van der Waals surface area contributed by atoms with Crippen molar-refractivity contribution < 1.29 is 27.4 Å². The van der Waals surface area contributed by atoms with Gasteiger partial charge < -0.3 is 9.47 Å². The van der Waals surface area contributed by atoms with Crippen LogP contribution < -0.4 is 14.8 Å². The lowest BCUT2D eigenvalue weighted by Gasteiger charge is -2.10. The first-order chi connectivity index (χ1) is 10.8. The van der Waals surface area contributed by atoms with Crippen LogP contribution in [0, 0.1) is 0 Å². The molecule has 1 aromatic heterocycles. The van der Waals surface area contributed by atoms with E-state index in [1.807, 2.05) is 0 Å². The Balaban J connectivity index is 2.17. The summed E-state index contributed by atoms with van der Waals surface area (Å²) in [6.07, 6.45) is -4.59. The molecule has 6 nitrogen and oxygen atoms in total. The molecule has 1 N–H and O–H groups in total. The maximum Gasteiger partial charge on any atom is 0.445 e. The van der Waals surface area contributed by atoms with E-state index in [0.29, 0.717) is 18.1 Å². The average molecular weight is 347 g/mol. The molecule has 1 heterocycles. The van der Waals surface area contributed by atoms with Crippen molar-refractivity contribution in [1.82, 2.24) is 10.2 Å². The van der Waals surface area contributed by atoms with Crippen LogP contribution >= 0.6 is 11.3 Å². The molecule has 0 spiro atoms. The number of methoxy groups -OCH3 is 1. The second-order valence-corrected chi connectivity index (χ2v) is 5.14. The summed E-state index contributed by atoms with van der Waals surface area (Å²) in [6.45, 7) is 2.14. The van der Waals surface area contributed by atoms with E-state index in [4.69, 9.17) is 9.47 Å². The van der Waals surface area contributed by atoms with Gasteiger partial charge in [0.15, 0.2) is 11.5 Å². The molecule has 0 unspecified atom stereocenters. The number of halogens is 3. The molecular weight excluding hydrogens is 335 g/mol. The number of amides is 1. The van der Waals surface area contributed by atoms with Gasteiger partial charge in [-0.1, -0.05) is 11.3 Å². The van der Waals surface area contributed by atoms with E-state index in [2.05, 4.69) is 15.5 Å². The predicted octanol–water partition coefficient (Wildman–Crippen LogP) is 3.22. The van der Waals surface area contributed by atoms with Gasteiger partial charge in [-0.25, -0.2) is 0 Å². The molecule has 0 atom stereocenters. The molecule has 1 amide bonds. The first-order valence-electron chi connectivity index (χ1n) is 6.38. The lowest BCUT2D eigenvalue weighted by Crippen LogP contribution is -2.12. The number of nitrogens with zero attached hydrogens (tertiary/aromatic N) is 2. The second-order valence-electron chi connectivity index (χ2n) is 4.16. The summed E-state index contributed by atoms with van der Waals surface area (Å²) >= 11 is 0.250. The number of rotatable bonds is 5. The minimum Gasteiger partial charge on any atom is -0.493 e. The molecule has 0 radical (unpaired) electrons. The highest BCUT2D eigenvalue weighted by Gasteiger charge is 2.35. The second kappa shape index (κ2) is 6.82. The van der Waals surface area contributed by atoms with Crippen LogP contribution in [0.25, 0.3) is 0 Å². The summed E-state index contributed by atoms with van der Waals surface area (Å²) in [5.41, 5.74) is 0.193. The molecule has 0 saturated carbocycles. The molecule has 0 aliphatic heterocycles. The molecule has 10 heteroatoms. The van der Waals surface area contributed by atoms with Gasteiger partial charge in [-0.3, -0.25) is 10.1 Å². The van der Waals surface area contributed by atoms with Gasteiger partial charge in [-0.05, 0) is 25.1 Å². The smallest absolute Gasteiger partial charge is 0.445 e. The van der Waals surface area contributed by atoms with Gasteiger partial charge in [0.25, 0.3) is 5.91 Å². The Labute approximate surface area is 133 Å². The first-order valence-corrected chi connectivity index (χ1v) is 7.19. The van der Waals surface area contributed by atoms with Crippen LogP contribution in [-0.4, -0.2) is 29.8 Å². The van der Waals surface area contributed by atoms with E-state index >= 15 is 0 Å². The maximum atomic E-state index is 12.4. The SMILES string of the molecule is CCOc1cc(C(=O)Nc2nnc(C(F)(F)F)s2)ccc1OC. The van der Waals surface area contributed by atoms with Crippen molar-refractivity contribution in [2.45, 2.75) is 13.1 Å². The Bertz CT molecular complexity index is 703. The largest absolute Gasteiger partial charge is 0.493 e. The van der Waals surface area contributed by atoms with E-state index in [-0.39, 0.29) is 22.0 Å². The topological polar surface area (TPSA) is 73.3 Å². The number of nitrogens with one attached hydrogen (secondary N) is 1. The van der Waals surface area contributed by atoms with Crippen molar-refractivity contribution in [3.05, 3.63) is 28.8 Å². The highest BCUT2D eigenvalue weighted by atomic mass is 32.1. The Morgan fingerprint density at radius 2 is 2.04 bits per heavy atom. The fraction of sp³-hybridized carbons (Fsp3) is 0.308. The van der Waals surface area contributed by atoms with Crippen LogP contribution in [-0.2, 0) is 6.18 Å². The number of hydrogen-bond donors (Lipinski definition) is 1. The standard InChI is InChI=1S/C13H12F3N3O3S/c1-3-22-9-6-7(4-5-8(9)21-2)10(20)17-12-19-18-11(23-12)13(14,15)16/h4-6H,3H2,1-2H3,(H,17,19,20). The molecule has 0 aliphatic carbocycles. The van der Waals surface area contributed by atoms with Crippen molar-refractivity contribution in [1.29, 1.82) is 0 Å². The number of alkyl halides is 3. The number of carbonyl (C=O) groups excluding carboxylic acids is 1. The third-order valence-electron chi connectivity index (χ3n) is 2.61. The summed E-state index contributed by atoms with van der Waals surface area (Å²) in [7, 11) is 1.46. The molecule has 124 valence electrons. The van der Waals surface area contributed by atoms with Gasteiger partial charge >= 0.3 is 6.18 Å². The van der Waals surface area contributed by atoms with E-state index in [0.717, 1.165) is 0 Å². The normalized spacial score (nSPS) is 11.2. The molecule has 0 fully saturated rings. The molecule has 0 saturated heterocycles. The molecule has 2 aromatic rings. The molecule has 0 bridgehead atoms. The van der Waals surface area contributed by atoms with Crippen LogP contribution in [0.15, 0.2) is 18.2 Å². The maximum absolute atomic E-state index is 12.4. The molecular formula is C13H12F3N3O3S. The number of anilines is 1. The number of aromatic nitrogens is 2. The number of benzene rings is 1.